The topological polar surface area (TPSA) is 121 Å². The van der Waals surface area contributed by atoms with Gasteiger partial charge >= 0.3 is 0 Å². The maximum absolute atomic E-state index is 13.8. The van der Waals surface area contributed by atoms with E-state index in [0.29, 0.717) is 27.9 Å². The predicted molar refractivity (Wildman–Crippen MR) is 131 cm³/mol. The smallest absolute Gasteiger partial charge is 0.268 e. The lowest BCUT2D eigenvalue weighted by molar-refractivity contribution is -0.125. The van der Waals surface area contributed by atoms with E-state index in [1.54, 1.807) is 42.5 Å². The minimum Gasteiger partial charge on any atom is -0.486 e. The molecule has 1 amide bonds. The van der Waals surface area contributed by atoms with E-state index in [2.05, 4.69) is 10.5 Å². The van der Waals surface area contributed by atoms with Crippen molar-refractivity contribution in [2.75, 3.05) is 0 Å². The number of Topliss-reactive ketones (excluding diaryl/α,β-unsaturated/α-hetero) is 1. The van der Waals surface area contributed by atoms with E-state index in [1.165, 1.54) is 29.3 Å². The summed E-state index contributed by atoms with van der Waals surface area (Å²) >= 11 is 0. The van der Waals surface area contributed by atoms with Crippen LogP contribution >= 0.6 is 0 Å². The molecule has 0 aliphatic heterocycles. The van der Waals surface area contributed by atoms with Crippen LogP contribution in [0.4, 0.5) is 0 Å². The second-order valence-corrected chi connectivity index (χ2v) is 11.0. The first-order valence-corrected chi connectivity index (χ1v) is 12.9. The standard InChI is InChI=1S/C26H25N3O6S/c1-17(30)22-13-18-12-20(15-27-25(31)26(2)9-10-26)29(36(32,33)21-6-4-3-5-7-21)23(18)14-24(22)34-16-19-8-11-35-28-19/h3-8,11-14H,9-10,15-16H2,1-2H3,(H,27,31). The minimum absolute atomic E-state index is 0.0136. The number of ketones is 1. The number of hydrogen-bond donors (Lipinski definition) is 1. The third kappa shape index (κ3) is 4.39. The third-order valence-corrected chi connectivity index (χ3v) is 8.22. The molecule has 1 N–H and O–H groups in total. The van der Waals surface area contributed by atoms with Gasteiger partial charge in [0, 0.05) is 22.9 Å². The highest BCUT2D eigenvalue weighted by Gasteiger charge is 2.44. The summed E-state index contributed by atoms with van der Waals surface area (Å²) in [6.07, 6.45) is 3.02. The van der Waals surface area contributed by atoms with Crippen LogP contribution in [-0.2, 0) is 28.0 Å². The molecular formula is C26H25N3O6S. The summed E-state index contributed by atoms with van der Waals surface area (Å²) in [5.41, 5.74) is 1.13. The zero-order valence-electron chi connectivity index (χ0n) is 19.9. The summed E-state index contributed by atoms with van der Waals surface area (Å²) < 4.78 is 39.5. The minimum atomic E-state index is -4.03. The van der Waals surface area contributed by atoms with Crippen molar-refractivity contribution in [1.82, 2.24) is 14.4 Å². The molecule has 9 nitrogen and oxygen atoms in total. The number of amides is 1. The molecule has 1 aliphatic carbocycles. The highest BCUT2D eigenvalue weighted by Crippen LogP contribution is 2.45. The number of nitrogens with zero attached hydrogens (tertiary/aromatic N) is 2. The second-order valence-electron chi connectivity index (χ2n) is 9.20. The van der Waals surface area contributed by atoms with Crippen molar-refractivity contribution in [3.8, 4) is 5.75 Å². The Morgan fingerprint density at radius 2 is 1.89 bits per heavy atom. The molecule has 10 heteroatoms. The fourth-order valence-corrected chi connectivity index (χ4v) is 5.59. The molecule has 1 saturated carbocycles. The van der Waals surface area contributed by atoms with E-state index in [4.69, 9.17) is 9.26 Å². The van der Waals surface area contributed by atoms with Crippen LogP contribution in [0.25, 0.3) is 10.9 Å². The Hall–Kier alpha value is -3.92. The zero-order chi connectivity index (χ0) is 25.5. The highest BCUT2D eigenvalue weighted by atomic mass is 32.2. The molecule has 0 spiro atoms. The number of rotatable bonds is 9. The molecule has 1 fully saturated rings. The number of fused-ring (bicyclic) bond motifs is 1. The van der Waals surface area contributed by atoms with Crippen molar-refractivity contribution in [1.29, 1.82) is 0 Å². The molecule has 0 saturated heterocycles. The molecule has 1 aliphatic rings. The van der Waals surface area contributed by atoms with Gasteiger partial charge in [0.1, 0.15) is 24.3 Å². The maximum Gasteiger partial charge on any atom is 0.268 e. The summed E-state index contributed by atoms with van der Waals surface area (Å²) in [5.74, 6) is -0.124. The molecule has 2 aromatic heterocycles. The molecule has 0 unspecified atom stereocenters. The van der Waals surface area contributed by atoms with E-state index in [-0.39, 0.29) is 35.5 Å². The van der Waals surface area contributed by atoms with Crippen LogP contribution in [0.1, 0.15) is 48.4 Å². The summed E-state index contributed by atoms with van der Waals surface area (Å²) in [5, 5.41) is 7.23. The first kappa shape index (κ1) is 23.8. The monoisotopic (exact) mass is 507 g/mol. The van der Waals surface area contributed by atoms with Crippen molar-refractivity contribution in [2.24, 2.45) is 5.41 Å². The van der Waals surface area contributed by atoms with E-state index in [9.17, 15) is 18.0 Å². The summed E-state index contributed by atoms with van der Waals surface area (Å²) in [6.45, 7) is 3.35. The quantitative estimate of drug-likeness (QED) is 0.339. The highest BCUT2D eigenvalue weighted by molar-refractivity contribution is 7.90. The number of hydrogen-bond acceptors (Lipinski definition) is 7. The van der Waals surface area contributed by atoms with Crippen LogP contribution in [0, 0.1) is 5.41 Å². The van der Waals surface area contributed by atoms with Gasteiger partial charge in [0.25, 0.3) is 10.0 Å². The molecule has 186 valence electrons. The van der Waals surface area contributed by atoms with Gasteiger partial charge in [-0.2, -0.15) is 0 Å². The van der Waals surface area contributed by atoms with Crippen LogP contribution in [-0.4, -0.2) is 29.2 Å². The van der Waals surface area contributed by atoms with Gasteiger partial charge in [-0.1, -0.05) is 30.3 Å². The number of aromatic nitrogens is 2. The fourth-order valence-electron chi connectivity index (χ4n) is 4.03. The second kappa shape index (κ2) is 8.94. The fraction of sp³-hybridized carbons (Fsp3) is 0.269. The Morgan fingerprint density at radius 1 is 1.14 bits per heavy atom. The van der Waals surface area contributed by atoms with Gasteiger partial charge in [0.05, 0.1) is 28.2 Å². The Labute approximate surface area is 208 Å². The zero-order valence-corrected chi connectivity index (χ0v) is 20.7. The van der Waals surface area contributed by atoms with Crippen LogP contribution in [0.3, 0.4) is 0 Å². The number of ether oxygens (including phenoxy) is 1. The van der Waals surface area contributed by atoms with Gasteiger partial charge < -0.3 is 14.6 Å². The lowest BCUT2D eigenvalue weighted by atomic mass is 10.1. The Kier molecular flexibility index (Phi) is 5.91. The molecule has 36 heavy (non-hydrogen) atoms. The van der Waals surface area contributed by atoms with Crippen LogP contribution in [0.5, 0.6) is 5.75 Å². The van der Waals surface area contributed by atoms with Gasteiger partial charge in [0.2, 0.25) is 5.91 Å². The molecule has 4 aromatic rings. The Bertz CT molecular complexity index is 1550. The average molecular weight is 508 g/mol. The number of benzene rings is 2. The largest absolute Gasteiger partial charge is 0.486 e. The molecule has 0 atom stereocenters. The number of nitrogens with one attached hydrogen (secondary N) is 1. The van der Waals surface area contributed by atoms with Crippen LogP contribution < -0.4 is 10.1 Å². The van der Waals surface area contributed by atoms with Crippen LogP contribution in [0.15, 0.2) is 70.3 Å². The number of carbonyl (C=O) groups excluding carboxylic acids is 2. The van der Waals surface area contributed by atoms with E-state index in [1.807, 2.05) is 6.92 Å². The normalized spacial score (nSPS) is 14.5. The molecule has 2 aromatic carbocycles. The molecule has 5 rings (SSSR count). The lowest BCUT2D eigenvalue weighted by Gasteiger charge is -2.15. The lowest BCUT2D eigenvalue weighted by Crippen LogP contribution is -2.31. The first-order valence-electron chi connectivity index (χ1n) is 11.5. The van der Waals surface area contributed by atoms with Crippen molar-refractivity contribution in [3.05, 3.63) is 77.8 Å². The van der Waals surface area contributed by atoms with Crippen molar-refractivity contribution >= 4 is 32.6 Å². The van der Waals surface area contributed by atoms with Gasteiger partial charge in [-0.25, -0.2) is 12.4 Å². The van der Waals surface area contributed by atoms with Gasteiger partial charge in [-0.15, -0.1) is 0 Å². The Balaban J connectivity index is 1.63. The van der Waals surface area contributed by atoms with Crippen molar-refractivity contribution in [3.63, 3.8) is 0 Å². The molecule has 0 radical (unpaired) electrons. The summed E-state index contributed by atoms with van der Waals surface area (Å²) in [7, 11) is -4.03. The number of carbonyl (C=O) groups is 2. The average Bonchev–Trinajstić information content (AvgIpc) is 3.26. The van der Waals surface area contributed by atoms with E-state index >= 15 is 0 Å². The molecular weight excluding hydrogens is 482 g/mol. The maximum atomic E-state index is 13.8. The Morgan fingerprint density at radius 3 is 2.53 bits per heavy atom. The van der Waals surface area contributed by atoms with E-state index in [0.717, 1.165) is 12.8 Å². The summed E-state index contributed by atoms with van der Waals surface area (Å²) in [6, 6.07) is 14.5. The van der Waals surface area contributed by atoms with Gasteiger partial charge in [0.15, 0.2) is 5.78 Å². The van der Waals surface area contributed by atoms with Crippen LogP contribution in [0.2, 0.25) is 0 Å². The molecule has 2 heterocycles. The van der Waals surface area contributed by atoms with Gasteiger partial charge in [-0.3, -0.25) is 9.59 Å². The van der Waals surface area contributed by atoms with E-state index < -0.39 is 15.4 Å². The van der Waals surface area contributed by atoms with Crippen molar-refractivity contribution < 1.29 is 27.3 Å². The third-order valence-electron chi connectivity index (χ3n) is 6.44. The van der Waals surface area contributed by atoms with Gasteiger partial charge in [-0.05, 0) is 44.0 Å². The predicted octanol–water partition coefficient (Wildman–Crippen LogP) is 4.06. The molecule has 0 bridgehead atoms. The summed E-state index contributed by atoms with van der Waals surface area (Å²) in [4.78, 5) is 25.1. The van der Waals surface area contributed by atoms with Crippen molar-refractivity contribution in [2.45, 2.75) is 44.7 Å². The first-order chi connectivity index (χ1) is 17.2. The SMILES string of the molecule is CC(=O)c1cc2cc(CNC(=O)C3(C)CC3)n(S(=O)(=O)c3ccccc3)c2cc1OCc1ccon1.